The summed E-state index contributed by atoms with van der Waals surface area (Å²) in [6.07, 6.45) is 4.65. The number of carbonyl (C=O) groups is 1. The van der Waals surface area contributed by atoms with Gasteiger partial charge in [-0.25, -0.2) is 19.3 Å². The lowest BCUT2D eigenvalue weighted by molar-refractivity contribution is -0.127. The van der Waals surface area contributed by atoms with Crippen LogP contribution in [0.3, 0.4) is 0 Å². The molecular weight excluding hydrogens is 485 g/mol. The Kier molecular flexibility index (Phi) is 5.94. The highest BCUT2D eigenvalue weighted by atomic mass is 19.1. The van der Waals surface area contributed by atoms with E-state index in [2.05, 4.69) is 31.0 Å². The van der Waals surface area contributed by atoms with Gasteiger partial charge in [0, 0.05) is 49.5 Å². The van der Waals surface area contributed by atoms with Crippen molar-refractivity contribution in [1.29, 1.82) is 0 Å². The molecule has 38 heavy (non-hydrogen) atoms. The van der Waals surface area contributed by atoms with Crippen LogP contribution in [-0.2, 0) is 11.3 Å². The van der Waals surface area contributed by atoms with Gasteiger partial charge in [-0.1, -0.05) is 18.7 Å². The lowest BCUT2D eigenvalue weighted by Crippen LogP contribution is -2.49. The standard InChI is InChI=1S/C28H28FN7O2/c1-3-23(37)34-11-5-7-19(15-34)35-12-13-36-27-25(26(30)31-16-32-27)24(28(35)36)18-9-10-21(20(29)14-18)38-22-8-4-6-17(2)33-22/h3-4,6,8-10,14,16,19H,1,5,7,11-13,15H2,2H3,(H2,30,31,32)/t19-/m1/s1. The number of piperidine rings is 1. The Morgan fingerprint density at radius 1 is 1.21 bits per heavy atom. The summed E-state index contributed by atoms with van der Waals surface area (Å²) >= 11 is 0. The number of halogens is 1. The molecule has 5 heterocycles. The van der Waals surface area contributed by atoms with Crippen molar-refractivity contribution in [1.82, 2.24) is 24.4 Å². The second-order valence-corrected chi connectivity index (χ2v) is 9.65. The molecule has 0 bridgehead atoms. The third-order valence-electron chi connectivity index (χ3n) is 7.30. The molecule has 1 atom stereocenters. The van der Waals surface area contributed by atoms with Gasteiger partial charge in [0.1, 0.15) is 23.6 Å². The molecule has 0 radical (unpaired) electrons. The number of nitrogens with zero attached hydrogens (tertiary/aromatic N) is 6. The normalized spacial score (nSPS) is 17.1. The molecule has 0 saturated carbocycles. The van der Waals surface area contributed by atoms with E-state index >= 15 is 4.39 Å². The number of rotatable bonds is 5. The number of pyridine rings is 1. The smallest absolute Gasteiger partial charge is 0.246 e. The van der Waals surface area contributed by atoms with E-state index in [-0.39, 0.29) is 17.7 Å². The minimum atomic E-state index is -0.515. The Morgan fingerprint density at radius 2 is 2.08 bits per heavy atom. The Hall–Kier alpha value is -4.47. The molecule has 6 rings (SSSR count). The second kappa shape index (κ2) is 9.44. The Bertz CT molecular complexity index is 1570. The molecule has 0 aliphatic carbocycles. The maximum absolute atomic E-state index is 15.4. The lowest BCUT2D eigenvalue weighted by atomic mass is 10.0. The first-order valence-corrected chi connectivity index (χ1v) is 12.7. The number of aromatic nitrogens is 4. The van der Waals surface area contributed by atoms with E-state index < -0.39 is 5.82 Å². The fourth-order valence-corrected chi connectivity index (χ4v) is 5.60. The molecule has 0 unspecified atom stereocenters. The van der Waals surface area contributed by atoms with Crippen LogP contribution < -0.4 is 15.4 Å². The van der Waals surface area contributed by atoms with Crippen LogP contribution in [0.15, 0.2) is 55.4 Å². The van der Waals surface area contributed by atoms with Crippen LogP contribution in [0.4, 0.5) is 16.0 Å². The summed E-state index contributed by atoms with van der Waals surface area (Å²) in [5, 5.41) is 0.690. The van der Waals surface area contributed by atoms with Crippen LogP contribution in [0.2, 0.25) is 0 Å². The van der Waals surface area contributed by atoms with Gasteiger partial charge in [0.15, 0.2) is 11.6 Å². The zero-order valence-corrected chi connectivity index (χ0v) is 21.1. The Morgan fingerprint density at radius 3 is 2.87 bits per heavy atom. The molecular formula is C28H28FN7O2. The number of benzene rings is 1. The zero-order chi connectivity index (χ0) is 26.4. The third kappa shape index (κ3) is 4.02. The summed E-state index contributed by atoms with van der Waals surface area (Å²) in [7, 11) is 0. The highest BCUT2D eigenvalue weighted by molar-refractivity contribution is 6.07. The number of anilines is 2. The molecule has 1 saturated heterocycles. The summed E-state index contributed by atoms with van der Waals surface area (Å²) in [6, 6.07) is 10.3. The van der Waals surface area contributed by atoms with E-state index in [4.69, 9.17) is 10.5 Å². The number of aryl methyl sites for hydroxylation is 1. The molecule has 10 heteroatoms. The first kappa shape index (κ1) is 23.9. The average Bonchev–Trinajstić information content (AvgIpc) is 3.49. The number of fused-ring (bicyclic) bond motifs is 3. The van der Waals surface area contributed by atoms with Gasteiger partial charge in [-0.15, -0.1) is 0 Å². The van der Waals surface area contributed by atoms with Gasteiger partial charge in [0.05, 0.1) is 5.39 Å². The van der Waals surface area contributed by atoms with Crippen molar-refractivity contribution in [2.24, 2.45) is 0 Å². The summed E-state index contributed by atoms with van der Waals surface area (Å²) < 4.78 is 23.3. The summed E-state index contributed by atoms with van der Waals surface area (Å²) in [6.45, 7) is 8.26. The lowest BCUT2D eigenvalue weighted by Gasteiger charge is -2.38. The van der Waals surface area contributed by atoms with Gasteiger partial charge in [-0.2, -0.15) is 0 Å². The first-order chi connectivity index (χ1) is 18.4. The number of hydrogen-bond donors (Lipinski definition) is 1. The van der Waals surface area contributed by atoms with Crippen molar-refractivity contribution in [3.8, 4) is 22.8 Å². The van der Waals surface area contributed by atoms with E-state index in [1.807, 2.05) is 30.0 Å². The van der Waals surface area contributed by atoms with Crippen LogP contribution >= 0.6 is 0 Å². The molecule has 1 aromatic carbocycles. The molecule has 3 aromatic heterocycles. The SMILES string of the molecule is C=CC(=O)N1CCC[C@@H](N2CCn3c2c(-c2ccc(Oc4cccc(C)n4)c(F)c2)c2c(N)ncnc23)C1. The topological polar surface area (TPSA) is 102 Å². The van der Waals surface area contributed by atoms with Gasteiger partial charge >= 0.3 is 0 Å². The predicted octanol–water partition coefficient (Wildman–Crippen LogP) is 4.31. The van der Waals surface area contributed by atoms with Crippen LogP contribution in [-0.4, -0.2) is 56.0 Å². The molecule has 194 valence electrons. The van der Waals surface area contributed by atoms with Crippen molar-refractivity contribution in [2.45, 2.75) is 32.4 Å². The minimum absolute atomic E-state index is 0.0643. The number of nitrogen functional groups attached to an aromatic ring is 1. The highest BCUT2D eigenvalue weighted by Gasteiger charge is 2.36. The molecule has 2 aliphatic heterocycles. The third-order valence-corrected chi connectivity index (χ3v) is 7.30. The number of amides is 1. The first-order valence-electron chi connectivity index (χ1n) is 12.7. The predicted molar refractivity (Wildman–Crippen MR) is 144 cm³/mol. The number of carbonyl (C=O) groups excluding carboxylic acids is 1. The van der Waals surface area contributed by atoms with Crippen molar-refractivity contribution in [2.75, 3.05) is 30.3 Å². The van der Waals surface area contributed by atoms with Crippen molar-refractivity contribution in [3.05, 3.63) is 66.9 Å². The number of hydrogen-bond acceptors (Lipinski definition) is 7. The van der Waals surface area contributed by atoms with Crippen LogP contribution in [0.5, 0.6) is 11.6 Å². The molecule has 2 aliphatic rings. The highest BCUT2D eigenvalue weighted by Crippen LogP contribution is 2.46. The molecule has 0 spiro atoms. The van der Waals surface area contributed by atoms with Gasteiger partial charge in [-0.05, 0) is 49.6 Å². The average molecular weight is 514 g/mol. The van der Waals surface area contributed by atoms with Crippen molar-refractivity contribution >= 4 is 28.6 Å². The molecule has 9 nitrogen and oxygen atoms in total. The monoisotopic (exact) mass is 513 g/mol. The van der Waals surface area contributed by atoms with Crippen LogP contribution in [0.1, 0.15) is 18.5 Å². The van der Waals surface area contributed by atoms with Crippen molar-refractivity contribution < 1.29 is 13.9 Å². The van der Waals surface area contributed by atoms with E-state index in [0.29, 0.717) is 47.9 Å². The fraction of sp³-hybridized carbons (Fsp3) is 0.286. The largest absolute Gasteiger partial charge is 0.436 e. The maximum atomic E-state index is 15.4. The maximum Gasteiger partial charge on any atom is 0.246 e. The number of nitrogens with two attached hydrogens (primary N) is 1. The second-order valence-electron chi connectivity index (χ2n) is 9.65. The number of likely N-dealkylation sites (tertiary alicyclic amines) is 1. The zero-order valence-electron chi connectivity index (χ0n) is 21.1. The molecule has 4 aromatic rings. The molecule has 1 fully saturated rings. The molecule has 2 N–H and O–H groups in total. The van der Waals surface area contributed by atoms with Crippen molar-refractivity contribution in [3.63, 3.8) is 0 Å². The molecule has 1 amide bonds. The number of ether oxygens (including phenoxy) is 1. The van der Waals surface area contributed by atoms with Gasteiger partial charge in [0.25, 0.3) is 0 Å². The van der Waals surface area contributed by atoms with Gasteiger partial charge in [0.2, 0.25) is 11.8 Å². The Balaban J connectivity index is 1.43. The van der Waals surface area contributed by atoms with Gasteiger partial charge in [-0.3, -0.25) is 4.79 Å². The Labute approximate surface area is 219 Å². The van der Waals surface area contributed by atoms with E-state index in [1.165, 1.54) is 18.5 Å². The summed E-state index contributed by atoms with van der Waals surface area (Å²) in [5.41, 5.74) is 9.29. The van der Waals surface area contributed by atoms with Crippen LogP contribution in [0.25, 0.3) is 22.2 Å². The van der Waals surface area contributed by atoms with E-state index in [9.17, 15) is 4.79 Å². The van der Waals surface area contributed by atoms with E-state index in [0.717, 1.165) is 36.5 Å². The van der Waals surface area contributed by atoms with Gasteiger partial charge < -0.3 is 24.8 Å². The van der Waals surface area contributed by atoms with E-state index in [1.54, 1.807) is 12.1 Å². The quantitative estimate of drug-likeness (QED) is 0.397. The minimum Gasteiger partial charge on any atom is -0.436 e. The fourth-order valence-electron chi connectivity index (χ4n) is 5.60. The summed E-state index contributed by atoms with van der Waals surface area (Å²) in [5.74, 6) is 1.08. The van der Waals surface area contributed by atoms with Crippen LogP contribution in [0, 0.1) is 12.7 Å². The summed E-state index contributed by atoms with van der Waals surface area (Å²) in [4.78, 5) is 29.6.